The van der Waals surface area contributed by atoms with E-state index < -0.39 is 0 Å². The maximum absolute atomic E-state index is 11.0. The first-order valence-corrected chi connectivity index (χ1v) is 5.83. The normalized spacial score (nSPS) is 12.9. The van der Waals surface area contributed by atoms with Gasteiger partial charge in [-0.15, -0.1) is 0 Å². The van der Waals surface area contributed by atoms with Gasteiger partial charge in [-0.2, -0.15) is 0 Å². The quantitative estimate of drug-likeness (QED) is 0.704. The Hall–Kier alpha value is -0.370. The molecule has 0 unspecified atom stereocenters. The zero-order valence-electron chi connectivity index (χ0n) is 11.2. The van der Waals surface area contributed by atoms with Crippen molar-refractivity contribution in [1.29, 1.82) is 0 Å². The molecule has 0 saturated heterocycles. The first-order chi connectivity index (χ1) is 6.68. The Morgan fingerprint density at radius 2 is 1.67 bits per heavy atom. The van der Waals surface area contributed by atoms with Crippen LogP contribution >= 0.6 is 0 Å². The van der Waals surface area contributed by atoms with E-state index in [1.807, 2.05) is 7.05 Å². The van der Waals surface area contributed by atoms with Gasteiger partial charge in [-0.3, -0.25) is 0 Å². The molecule has 0 aromatic heterocycles. The second-order valence-electron chi connectivity index (χ2n) is 6.24. The van der Waals surface area contributed by atoms with Crippen LogP contribution in [0.3, 0.4) is 0 Å². The van der Waals surface area contributed by atoms with Crippen LogP contribution < -0.4 is 5.32 Å². The Bertz CT molecular complexity index is 207. The molecule has 0 saturated carbocycles. The van der Waals surface area contributed by atoms with Gasteiger partial charge in [0.1, 0.15) is 5.78 Å². The minimum Gasteiger partial charge on any atom is -0.319 e. The van der Waals surface area contributed by atoms with Crippen molar-refractivity contribution < 1.29 is 4.79 Å². The highest BCUT2D eigenvalue weighted by Gasteiger charge is 2.28. The van der Waals surface area contributed by atoms with Gasteiger partial charge in [-0.1, -0.05) is 27.7 Å². The molecular formula is C13H27NO. The largest absolute Gasteiger partial charge is 0.319 e. The number of carbonyl (C=O) groups excluding carboxylic acids is 1. The molecule has 0 atom stereocenters. The molecule has 0 aromatic carbocycles. The Labute approximate surface area is 94.8 Å². The molecule has 0 bridgehead atoms. The summed E-state index contributed by atoms with van der Waals surface area (Å²) in [6.07, 6.45) is 2.85. The summed E-state index contributed by atoms with van der Waals surface area (Å²) in [5.74, 6) is 0.300. The maximum Gasteiger partial charge on any atom is 0.129 e. The van der Waals surface area contributed by atoms with Gasteiger partial charge in [-0.25, -0.2) is 0 Å². The lowest BCUT2D eigenvalue weighted by atomic mass is 9.72. The number of carbonyl (C=O) groups is 1. The van der Waals surface area contributed by atoms with E-state index in [1.54, 1.807) is 6.92 Å². The SMILES string of the molecule is CNCC(C)(C)CC(C)(C)CCC(C)=O. The first kappa shape index (κ1) is 14.6. The summed E-state index contributed by atoms with van der Waals surface area (Å²) in [6.45, 7) is 11.8. The molecule has 0 aliphatic rings. The summed E-state index contributed by atoms with van der Waals surface area (Å²) >= 11 is 0. The van der Waals surface area contributed by atoms with E-state index >= 15 is 0 Å². The third-order valence-corrected chi connectivity index (χ3v) is 2.77. The van der Waals surface area contributed by atoms with E-state index in [0.29, 0.717) is 17.6 Å². The van der Waals surface area contributed by atoms with Crippen LogP contribution in [-0.2, 0) is 4.79 Å². The van der Waals surface area contributed by atoms with E-state index in [-0.39, 0.29) is 5.41 Å². The monoisotopic (exact) mass is 213 g/mol. The number of ketones is 1. The number of rotatable bonds is 7. The average Bonchev–Trinajstić information content (AvgIpc) is 1.98. The molecule has 0 rings (SSSR count). The molecule has 0 heterocycles. The molecule has 1 N–H and O–H groups in total. The molecule has 0 radical (unpaired) electrons. The standard InChI is InChI=1S/C13H27NO/c1-11(15)7-8-12(2,3)9-13(4,5)10-14-6/h14H,7-10H2,1-6H3. The van der Waals surface area contributed by atoms with Crippen molar-refractivity contribution in [2.75, 3.05) is 13.6 Å². The van der Waals surface area contributed by atoms with E-state index in [4.69, 9.17) is 0 Å². The Kier molecular flexibility index (Phi) is 5.50. The highest BCUT2D eigenvalue weighted by molar-refractivity contribution is 5.75. The second-order valence-corrected chi connectivity index (χ2v) is 6.24. The number of nitrogens with one attached hydrogen (secondary N) is 1. The van der Waals surface area contributed by atoms with Gasteiger partial charge in [-0.05, 0) is 44.2 Å². The lowest BCUT2D eigenvalue weighted by molar-refractivity contribution is -0.117. The molecule has 2 heteroatoms. The van der Waals surface area contributed by atoms with Crippen LogP contribution in [0.5, 0.6) is 0 Å². The third kappa shape index (κ3) is 7.55. The van der Waals surface area contributed by atoms with Gasteiger partial charge in [0.05, 0.1) is 0 Å². The van der Waals surface area contributed by atoms with Gasteiger partial charge in [0.25, 0.3) is 0 Å². The van der Waals surface area contributed by atoms with Crippen molar-refractivity contribution in [3.8, 4) is 0 Å². The fourth-order valence-corrected chi connectivity index (χ4v) is 2.44. The summed E-state index contributed by atoms with van der Waals surface area (Å²) in [7, 11) is 1.99. The zero-order valence-corrected chi connectivity index (χ0v) is 11.2. The highest BCUT2D eigenvalue weighted by atomic mass is 16.1. The van der Waals surface area contributed by atoms with Gasteiger partial charge in [0, 0.05) is 6.42 Å². The van der Waals surface area contributed by atoms with Crippen LogP contribution in [0.1, 0.15) is 53.9 Å². The average molecular weight is 213 g/mol. The zero-order chi connectivity index (χ0) is 12.1. The van der Waals surface area contributed by atoms with Crippen molar-refractivity contribution in [2.45, 2.75) is 53.9 Å². The summed E-state index contributed by atoms with van der Waals surface area (Å²) < 4.78 is 0. The van der Waals surface area contributed by atoms with Gasteiger partial charge < -0.3 is 10.1 Å². The van der Waals surface area contributed by atoms with Crippen molar-refractivity contribution in [3.05, 3.63) is 0 Å². The molecule has 0 aliphatic heterocycles. The van der Waals surface area contributed by atoms with Crippen molar-refractivity contribution in [3.63, 3.8) is 0 Å². The van der Waals surface area contributed by atoms with Crippen molar-refractivity contribution in [2.24, 2.45) is 10.8 Å². The van der Waals surface area contributed by atoms with Gasteiger partial charge >= 0.3 is 0 Å². The predicted octanol–water partition coefficient (Wildman–Crippen LogP) is 3.02. The topological polar surface area (TPSA) is 29.1 Å². The number of hydrogen-bond donors (Lipinski definition) is 1. The van der Waals surface area contributed by atoms with Crippen LogP contribution in [0.15, 0.2) is 0 Å². The highest BCUT2D eigenvalue weighted by Crippen LogP contribution is 2.36. The van der Waals surface area contributed by atoms with E-state index in [2.05, 4.69) is 33.0 Å². The molecule has 15 heavy (non-hydrogen) atoms. The predicted molar refractivity (Wildman–Crippen MR) is 66.0 cm³/mol. The molecule has 90 valence electrons. The lowest BCUT2D eigenvalue weighted by Gasteiger charge is -2.35. The fraction of sp³-hybridized carbons (Fsp3) is 0.923. The van der Waals surface area contributed by atoms with E-state index in [0.717, 1.165) is 19.4 Å². The van der Waals surface area contributed by atoms with Gasteiger partial charge in [0.2, 0.25) is 0 Å². The molecule has 2 nitrogen and oxygen atoms in total. The molecule has 0 aliphatic carbocycles. The molecular weight excluding hydrogens is 186 g/mol. The van der Waals surface area contributed by atoms with Gasteiger partial charge in [0.15, 0.2) is 0 Å². The lowest BCUT2D eigenvalue weighted by Crippen LogP contribution is -2.32. The summed E-state index contributed by atoms with van der Waals surface area (Å²) in [5.41, 5.74) is 0.557. The van der Waals surface area contributed by atoms with Crippen LogP contribution in [-0.4, -0.2) is 19.4 Å². The van der Waals surface area contributed by atoms with Crippen LogP contribution in [0.4, 0.5) is 0 Å². The molecule has 0 amide bonds. The number of hydrogen-bond acceptors (Lipinski definition) is 2. The minimum absolute atomic E-state index is 0.256. The first-order valence-electron chi connectivity index (χ1n) is 5.83. The molecule has 0 aromatic rings. The van der Waals surface area contributed by atoms with Crippen LogP contribution in [0, 0.1) is 10.8 Å². The van der Waals surface area contributed by atoms with E-state index in [9.17, 15) is 4.79 Å². The van der Waals surface area contributed by atoms with Crippen molar-refractivity contribution in [1.82, 2.24) is 5.32 Å². The van der Waals surface area contributed by atoms with E-state index in [1.165, 1.54) is 0 Å². The summed E-state index contributed by atoms with van der Waals surface area (Å²) in [6, 6.07) is 0. The molecule has 0 fully saturated rings. The minimum atomic E-state index is 0.256. The summed E-state index contributed by atoms with van der Waals surface area (Å²) in [5, 5.41) is 3.23. The fourth-order valence-electron chi connectivity index (χ4n) is 2.44. The smallest absolute Gasteiger partial charge is 0.129 e. The Morgan fingerprint density at radius 3 is 2.07 bits per heavy atom. The van der Waals surface area contributed by atoms with Crippen LogP contribution in [0.2, 0.25) is 0 Å². The Morgan fingerprint density at radius 1 is 1.13 bits per heavy atom. The third-order valence-electron chi connectivity index (χ3n) is 2.77. The summed E-state index contributed by atoms with van der Waals surface area (Å²) in [4.78, 5) is 11.0. The second kappa shape index (κ2) is 5.64. The number of Topliss-reactive ketones (excluding diaryl/α,β-unsaturated/α-hetero) is 1. The van der Waals surface area contributed by atoms with Crippen molar-refractivity contribution >= 4 is 5.78 Å². The maximum atomic E-state index is 11.0. The van der Waals surface area contributed by atoms with Crippen LogP contribution in [0.25, 0.3) is 0 Å². The Balaban J connectivity index is 4.16. The molecule has 0 spiro atoms.